The first-order valence-corrected chi connectivity index (χ1v) is 14.0. The Morgan fingerprint density at radius 3 is 2.40 bits per heavy atom. The van der Waals surface area contributed by atoms with E-state index in [9.17, 15) is 19.5 Å². The lowest BCUT2D eigenvalue weighted by Gasteiger charge is -2.38. The van der Waals surface area contributed by atoms with Crippen LogP contribution >= 0.6 is 12.2 Å². The van der Waals surface area contributed by atoms with Crippen molar-refractivity contribution in [1.82, 2.24) is 15.2 Å². The van der Waals surface area contributed by atoms with Crippen LogP contribution in [0.1, 0.15) is 17.4 Å². The van der Waals surface area contributed by atoms with Gasteiger partial charge in [-0.3, -0.25) is 9.69 Å². The molecule has 11 nitrogen and oxygen atoms in total. The van der Waals surface area contributed by atoms with Crippen molar-refractivity contribution in [1.29, 1.82) is 0 Å². The number of hydrogen-bond donors (Lipinski definition) is 3. The van der Waals surface area contributed by atoms with Crippen molar-refractivity contribution >= 4 is 57.4 Å². The molecule has 2 aliphatic heterocycles. The highest BCUT2D eigenvalue weighted by Gasteiger charge is 2.33. The van der Waals surface area contributed by atoms with Crippen molar-refractivity contribution in [3.05, 3.63) is 63.7 Å². The third-order valence-electron chi connectivity index (χ3n) is 7.57. The van der Waals surface area contributed by atoms with E-state index in [-0.39, 0.29) is 61.5 Å². The van der Waals surface area contributed by atoms with E-state index in [1.807, 2.05) is 0 Å². The number of fused-ring (bicyclic) bond motifs is 1. The van der Waals surface area contributed by atoms with Crippen molar-refractivity contribution < 1.29 is 32.6 Å². The number of hydrogen-bond acceptors (Lipinski definition) is 7. The third kappa shape index (κ3) is 5.63. The summed E-state index contributed by atoms with van der Waals surface area (Å²) < 4.78 is 52.8. The molecule has 43 heavy (non-hydrogen) atoms. The summed E-state index contributed by atoms with van der Waals surface area (Å²) in [4.78, 5) is 41.1. The van der Waals surface area contributed by atoms with Crippen LogP contribution in [0.4, 0.5) is 35.0 Å². The Labute approximate surface area is 249 Å². The molecule has 1 atom stereocenters. The zero-order valence-corrected chi connectivity index (χ0v) is 24.1. The van der Waals surface area contributed by atoms with E-state index in [2.05, 4.69) is 10.6 Å². The van der Waals surface area contributed by atoms with Gasteiger partial charge in [-0.2, -0.15) is 0 Å². The van der Waals surface area contributed by atoms with E-state index in [4.69, 9.17) is 17.0 Å². The van der Waals surface area contributed by atoms with Gasteiger partial charge in [0.15, 0.2) is 16.4 Å². The molecule has 3 heterocycles. The van der Waals surface area contributed by atoms with Gasteiger partial charge in [0.1, 0.15) is 29.1 Å². The first-order valence-electron chi connectivity index (χ1n) is 13.6. The lowest BCUT2D eigenvalue weighted by molar-refractivity contribution is 0.0684. The molecule has 1 aromatic heterocycles. The number of amides is 1. The van der Waals surface area contributed by atoms with E-state index in [0.29, 0.717) is 17.3 Å². The SMILES string of the molecule is CCn1c(C(=O)O)cc(=O)c2cc(F)c(N3CCN(c4ccc(N5CC(CNC(=S)NC)OC5=O)cc4F)CC3)c(F)c21. The predicted molar refractivity (Wildman–Crippen MR) is 159 cm³/mol. The minimum Gasteiger partial charge on any atom is -0.477 e. The van der Waals surface area contributed by atoms with Gasteiger partial charge >= 0.3 is 12.1 Å². The number of nitrogens with one attached hydrogen (secondary N) is 2. The van der Waals surface area contributed by atoms with E-state index in [1.54, 1.807) is 31.0 Å². The van der Waals surface area contributed by atoms with Crippen LogP contribution in [0.15, 0.2) is 35.1 Å². The van der Waals surface area contributed by atoms with Crippen LogP contribution in [0.3, 0.4) is 0 Å². The van der Waals surface area contributed by atoms with Gasteiger partial charge in [0.25, 0.3) is 0 Å². The van der Waals surface area contributed by atoms with Gasteiger partial charge in [0.2, 0.25) is 0 Å². The summed E-state index contributed by atoms with van der Waals surface area (Å²) in [6.45, 7) is 2.82. The molecule has 3 N–H and O–H groups in total. The average molecular weight is 619 g/mol. The molecule has 1 unspecified atom stereocenters. The standard InChI is InChI=1S/C28H29F3N6O5S/c1-3-36-21(26(39)40)12-22(38)17-11-19(30)25(23(31)24(17)36)35-8-6-34(7-9-35)20-5-4-15(10-18(20)29)37-14-16(42-28(37)41)13-33-27(43)32-2/h4-5,10-12,16H,3,6-9,13-14H2,1-2H3,(H,39,40)(H2,32,33,43). The Morgan fingerprint density at radius 2 is 1.77 bits per heavy atom. The van der Waals surface area contributed by atoms with Crippen LogP contribution in [0.25, 0.3) is 10.9 Å². The smallest absolute Gasteiger partial charge is 0.414 e. The summed E-state index contributed by atoms with van der Waals surface area (Å²) in [5.74, 6) is -3.95. The summed E-state index contributed by atoms with van der Waals surface area (Å²) in [5.41, 5.74) is -1.26. The number of carbonyl (C=O) groups excluding carboxylic acids is 1. The Balaban J connectivity index is 1.33. The number of pyridine rings is 1. The maximum Gasteiger partial charge on any atom is 0.414 e. The molecule has 228 valence electrons. The van der Waals surface area contributed by atoms with Crippen LogP contribution in [0.5, 0.6) is 0 Å². The van der Waals surface area contributed by atoms with E-state index < -0.39 is 46.7 Å². The summed E-state index contributed by atoms with van der Waals surface area (Å²) in [6.07, 6.45) is -1.08. The Bertz CT molecular complexity index is 1680. The number of benzene rings is 2. The van der Waals surface area contributed by atoms with Crippen molar-refractivity contribution in [2.75, 3.05) is 61.0 Å². The second-order valence-corrected chi connectivity index (χ2v) is 10.5. The minimum atomic E-state index is -1.40. The maximum atomic E-state index is 15.9. The first kappa shape index (κ1) is 29.9. The van der Waals surface area contributed by atoms with Gasteiger partial charge < -0.3 is 34.8 Å². The molecule has 2 fully saturated rings. The molecule has 5 rings (SSSR count). The maximum absolute atomic E-state index is 15.9. The Morgan fingerprint density at radius 1 is 1.07 bits per heavy atom. The van der Waals surface area contributed by atoms with E-state index in [0.717, 1.165) is 16.7 Å². The lowest BCUT2D eigenvalue weighted by atomic mass is 10.1. The monoisotopic (exact) mass is 618 g/mol. The van der Waals surface area contributed by atoms with Crippen molar-refractivity contribution in [2.45, 2.75) is 19.6 Å². The number of aryl methyl sites for hydroxylation is 1. The quantitative estimate of drug-likeness (QED) is 0.341. The largest absolute Gasteiger partial charge is 0.477 e. The number of nitrogens with zero attached hydrogens (tertiary/aromatic N) is 4. The van der Waals surface area contributed by atoms with Gasteiger partial charge in [-0.25, -0.2) is 22.8 Å². The molecule has 2 aromatic carbocycles. The Kier molecular flexibility index (Phi) is 8.35. The number of rotatable bonds is 7. The predicted octanol–water partition coefficient (Wildman–Crippen LogP) is 2.88. The first-order chi connectivity index (χ1) is 20.5. The molecule has 0 radical (unpaired) electrons. The number of halogens is 3. The van der Waals surface area contributed by atoms with E-state index >= 15 is 13.2 Å². The minimum absolute atomic E-state index is 0.0422. The topological polar surface area (TPSA) is 119 Å². The molecule has 1 amide bonds. The molecule has 0 spiro atoms. The second-order valence-electron chi connectivity index (χ2n) is 10.0. The van der Waals surface area contributed by atoms with Crippen LogP contribution in [-0.4, -0.2) is 79.3 Å². The van der Waals surface area contributed by atoms with Crippen LogP contribution < -0.4 is 30.8 Å². The average Bonchev–Trinajstić information content (AvgIpc) is 3.36. The summed E-state index contributed by atoms with van der Waals surface area (Å²) in [7, 11) is 1.66. The van der Waals surface area contributed by atoms with Gasteiger partial charge in [0, 0.05) is 45.8 Å². The van der Waals surface area contributed by atoms with Crippen LogP contribution in [-0.2, 0) is 11.3 Å². The molecular weight excluding hydrogens is 589 g/mol. The Hall–Kier alpha value is -4.53. The number of carbonyl (C=O) groups is 2. The molecule has 0 saturated carbocycles. The molecule has 2 saturated heterocycles. The van der Waals surface area contributed by atoms with Gasteiger partial charge in [0.05, 0.1) is 35.4 Å². The zero-order valence-electron chi connectivity index (χ0n) is 23.3. The number of carboxylic acids is 1. The van der Waals surface area contributed by atoms with Crippen molar-refractivity contribution in [2.24, 2.45) is 0 Å². The fourth-order valence-electron chi connectivity index (χ4n) is 5.47. The molecule has 3 aromatic rings. The molecule has 2 aliphatic rings. The number of thiocarbonyl (C=S) groups is 1. The molecular formula is C28H29F3N6O5S. The number of aromatic nitrogens is 1. The number of piperazine rings is 1. The van der Waals surface area contributed by atoms with Gasteiger partial charge in [-0.1, -0.05) is 0 Å². The number of cyclic esters (lactones) is 1. The van der Waals surface area contributed by atoms with E-state index in [1.165, 1.54) is 15.9 Å². The number of anilines is 3. The zero-order chi connectivity index (χ0) is 31.0. The highest BCUT2D eigenvalue weighted by Crippen LogP contribution is 2.33. The molecule has 0 bridgehead atoms. The fraction of sp³-hybridized carbons (Fsp3) is 0.357. The third-order valence-corrected chi connectivity index (χ3v) is 7.92. The second kappa shape index (κ2) is 12.0. The summed E-state index contributed by atoms with van der Waals surface area (Å²) in [5, 5.41) is 15.4. The number of ether oxygens (including phenoxy) is 1. The lowest BCUT2D eigenvalue weighted by Crippen LogP contribution is -2.47. The van der Waals surface area contributed by atoms with Crippen molar-refractivity contribution in [3.63, 3.8) is 0 Å². The number of carboxylic acid groups (broad SMARTS) is 1. The van der Waals surface area contributed by atoms with Gasteiger partial charge in [-0.15, -0.1) is 0 Å². The van der Waals surface area contributed by atoms with Crippen LogP contribution in [0, 0.1) is 17.5 Å². The fourth-order valence-corrected chi connectivity index (χ4v) is 5.55. The summed E-state index contributed by atoms with van der Waals surface area (Å²) >= 11 is 5.03. The molecule has 15 heteroatoms. The number of aromatic carboxylic acids is 1. The van der Waals surface area contributed by atoms with Crippen LogP contribution in [0.2, 0.25) is 0 Å². The van der Waals surface area contributed by atoms with Gasteiger partial charge in [-0.05, 0) is 43.4 Å². The highest BCUT2D eigenvalue weighted by atomic mass is 32.1. The highest BCUT2D eigenvalue weighted by molar-refractivity contribution is 7.80. The molecule has 0 aliphatic carbocycles. The van der Waals surface area contributed by atoms with Crippen molar-refractivity contribution in [3.8, 4) is 0 Å². The normalized spacial score (nSPS) is 16.9. The summed E-state index contributed by atoms with van der Waals surface area (Å²) in [6, 6.07) is 6.17.